The van der Waals surface area contributed by atoms with Crippen LogP contribution in [-0.4, -0.2) is 28.7 Å². The summed E-state index contributed by atoms with van der Waals surface area (Å²) in [5, 5.41) is 19.4. The lowest BCUT2D eigenvalue weighted by atomic mass is 9.84. The van der Waals surface area contributed by atoms with E-state index in [1.807, 2.05) is 24.3 Å². The van der Waals surface area contributed by atoms with E-state index in [1.165, 1.54) is 12.8 Å². The van der Waals surface area contributed by atoms with E-state index in [0.29, 0.717) is 18.6 Å². The minimum absolute atomic E-state index is 0.0904. The van der Waals surface area contributed by atoms with Gasteiger partial charge in [-0.1, -0.05) is 24.3 Å². The van der Waals surface area contributed by atoms with Crippen LogP contribution in [0.25, 0.3) is 0 Å². The van der Waals surface area contributed by atoms with Crippen molar-refractivity contribution in [3.63, 3.8) is 0 Å². The van der Waals surface area contributed by atoms with Crippen molar-refractivity contribution in [2.45, 2.75) is 57.5 Å². The second kappa shape index (κ2) is 9.75. The molecule has 0 heterocycles. The molecule has 2 aliphatic carbocycles. The molecule has 2 aliphatic rings. The lowest BCUT2D eigenvalue weighted by molar-refractivity contribution is -0.114. The van der Waals surface area contributed by atoms with Crippen molar-refractivity contribution in [2.24, 2.45) is 11.8 Å². The molecule has 1 saturated carbocycles. The molecule has 146 valence electrons. The van der Waals surface area contributed by atoms with Crippen LogP contribution in [0, 0.1) is 11.8 Å². The van der Waals surface area contributed by atoms with Gasteiger partial charge >= 0.3 is 0 Å². The molecule has 2 atom stereocenters. The SMILES string of the molecule is O=C(/C=C/[C@H]1CCC=C[C@@H]1CO)CCc1ccc(O)c(OC2CCCC2)c1. The quantitative estimate of drug-likeness (QED) is 0.527. The molecule has 4 heteroatoms. The van der Waals surface area contributed by atoms with E-state index in [-0.39, 0.29) is 36.1 Å². The van der Waals surface area contributed by atoms with Crippen LogP contribution in [0.2, 0.25) is 0 Å². The van der Waals surface area contributed by atoms with E-state index >= 15 is 0 Å². The van der Waals surface area contributed by atoms with Crippen LogP contribution in [0.4, 0.5) is 0 Å². The maximum absolute atomic E-state index is 12.2. The summed E-state index contributed by atoms with van der Waals surface area (Å²) >= 11 is 0. The van der Waals surface area contributed by atoms with Gasteiger partial charge in [-0.2, -0.15) is 0 Å². The van der Waals surface area contributed by atoms with Gasteiger partial charge in [-0.3, -0.25) is 4.79 Å². The van der Waals surface area contributed by atoms with E-state index in [1.54, 1.807) is 12.1 Å². The average molecular weight is 370 g/mol. The highest BCUT2D eigenvalue weighted by molar-refractivity contribution is 5.89. The molecule has 27 heavy (non-hydrogen) atoms. The Morgan fingerprint density at radius 2 is 2.04 bits per heavy atom. The summed E-state index contributed by atoms with van der Waals surface area (Å²) in [4.78, 5) is 12.2. The Hall–Kier alpha value is -2.07. The number of rotatable bonds is 8. The fraction of sp³-hybridized carbons (Fsp3) is 0.522. The number of phenols is 1. The van der Waals surface area contributed by atoms with Crippen LogP contribution in [-0.2, 0) is 11.2 Å². The summed E-state index contributed by atoms with van der Waals surface area (Å²) in [6, 6.07) is 5.36. The highest BCUT2D eigenvalue weighted by Gasteiger charge is 2.19. The number of carbonyl (C=O) groups is 1. The second-order valence-corrected chi connectivity index (χ2v) is 7.67. The highest BCUT2D eigenvalue weighted by Crippen LogP contribution is 2.32. The van der Waals surface area contributed by atoms with E-state index in [2.05, 4.69) is 6.08 Å². The van der Waals surface area contributed by atoms with E-state index in [0.717, 1.165) is 31.2 Å². The number of hydrogen-bond donors (Lipinski definition) is 2. The van der Waals surface area contributed by atoms with Crippen molar-refractivity contribution < 1.29 is 19.7 Å². The summed E-state index contributed by atoms with van der Waals surface area (Å²) in [6.07, 6.45) is 15.4. The number of aliphatic hydroxyl groups excluding tert-OH is 1. The Bertz CT molecular complexity index is 686. The highest BCUT2D eigenvalue weighted by atomic mass is 16.5. The molecular weight excluding hydrogens is 340 g/mol. The molecule has 1 aromatic rings. The molecule has 3 rings (SSSR count). The van der Waals surface area contributed by atoms with Crippen molar-refractivity contribution in [1.29, 1.82) is 0 Å². The molecule has 0 spiro atoms. The minimum atomic E-state index is 0.0904. The summed E-state index contributed by atoms with van der Waals surface area (Å²) in [5.74, 6) is 1.14. The molecule has 2 N–H and O–H groups in total. The van der Waals surface area contributed by atoms with Gasteiger partial charge in [0, 0.05) is 18.9 Å². The molecule has 0 saturated heterocycles. The molecule has 4 nitrogen and oxygen atoms in total. The van der Waals surface area contributed by atoms with Gasteiger partial charge in [0.1, 0.15) is 0 Å². The minimum Gasteiger partial charge on any atom is -0.504 e. The van der Waals surface area contributed by atoms with E-state index in [9.17, 15) is 15.0 Å². The summed E-state index contributed by atoms with van der Waals surface area (Å²) in [5.41, 5.74) is 0.997. The third-order valence-corrected chi connectivity index (χ3v) is 5.62. The van der Waals surface area contributed by atoms with Crippen molar-refractivity contribution in [3.05, 3.63) is 48.1 Å². The third kappa shape index (κ3) is 5.70. The Kier molecular flexibility index (Phi) is 7.11. The molecule has 1 aromatic carbocycles. The van der Waals surface area contributed by atoms with Crippen LogP contribution in [0.1, 0.15) is 50.5 Å². The van der Waals surface area contributed by atoms with Gasteiger partial charge in [-0.05, 0) is 74.6 Å². The lowest BCUT2D eigenvalue weighted by Crippen LogP contribution is -2.17. The Morgan fingerprint density at radius 1 is 1.22 bits per heavy atom. The second-order valence-electron chi connectivity index (χ2n) is 7.67. The van der Waals surface area contributed by atoms with Gasteiger partial charge in [0.05, 0.1) is 6.10 Å². The molecule has 0 amide bonds. The van der Waals surface area contributed by atoms with Gasteiger partial charge in [-0.15, -0.1) is 0 Å². The zero-order valence-electron chi connectivity index (χ0n) is 15.8. The number of ketones is 1. The number of aromatic hydroxyl groups is 1. The van der Waals surface area contributed by atoms with Gasteiger partial charge < -0.3 is 14.9 Å². The fourth-order valence-electron chi connectivity index (χ4n) is 3.93. The summed E-state index contributed by atoms with van der Waals surface area (Å²) in [7, 11) is 0. The number of ether oxygens (including phenoxy) is 1. The molecular formula is C23H30O4. The number of carbonyl (C=O) groups excluding carboxylic acids is 1. The van der Waals surface area contributed by atoms with Crippen LogP contribution in [0.3, 0.4) is 0 Å². The van der Waals surface area contributed by atoms with Gasteiger partial charge in [0.25, 0.3) is 0 Å². The van der Waals surface area contributed by atoms with Crippen LogP contribution < -0.4 is 4.74 Å². The van der Waals surface area contributed by atoms with Crippen molar-refractivity contribution in [3.8, 4) is 11.5 Å². The largest absolute Gasteiger partial charge is 0.504 e. The predicted molar refractivity (Wildman–Crippen MR) is 106 cm³/mol. The molecule has 0 bridgehead atoms. The first-order chi connectivity index (χ1) is 13.2. The van der Waals surface area contributed by atoms with Crippen LogP contribution in [0.15, 0.2) is 42.5 Å². The Labute approximate surface area is 161 Å². The lowest BCUT2D eigenvalue weighted by Gasteiger charge is -2.22. The maximum Gasteiger partial charge on any atom is 0.161 e. The molecule has 0 aromatic heterocycles. The van der Waals surface area contributed by atoms with Crippen molar-refractivity contribution in [1.82, 2.24) is 0 Å². The number of allylic oxidation sites excluding steroid dienone is 3. The smallest absolute Gasteiger partial charge is 0.161 e. The Morgan fingerprint density at radius 3 is 2.81 bits per heavy atom. The van der Waals surface area contributed by atoms with Gasteiger partial charge in [0.2, 0.25) is 0 Å². The maximum atomic E-state index is 12.2. The predicted octanol–water partition coefficient (Wildman–Crippen LogP) is 4.35. The van der Waals surface area contributed by atoms with Crippen molar-refractivity contribution >= 4 is 5.78 Å². The van der Waals surface area contributed by atoms with Gasteiger partial charge in [0.15, 0.2) is 17.3 Å². The Balaban J connectivity index is 1.52. The average Bonchev–Trinajstić information content (AvgIpc) is 3.20. The van der Waals surface area contributed by atoms with E-state index < -0.39 is 0 Å². The van der Waals surface area contributed by atoms with Gasteiger partial charge in [-0.25, -0.2) is 0 Å². The molecule has 0 radical (unpaired) electrons. The van der Waals surface area contributed by atoms with E-state index in [4.69, 9.17) is 4.74 Å². The molecule has 0 unspecified atom stereocenters. The first kappa shape index (κ1) is 19.7. The number of phenolic OH excluding ortho intramolecular Hbond substituents is 1. The number of benzene rings is 1. The zero-order valence-corrected chi connectivity index (χ0v) is 15.8. The van der Waals surface area contributed by atoms with Crippen molar-refractivity contribution in [2.75, 3.05) is 6.61 Å². The monoisotopic (exact) mass is 370 g/mol. The molecule has 1 fully saturated rings. The number of hydrogen-bond acceptors (Lipinski definition) is 4. The first-order valence-corrected chi connectivity index (χ1v) is 10.1. The normalized spacial score (nSPS) is 23.1. The summed E-state index contributed by atoms with van der Waals surface area (Å²) < 4.78 is 5.93. The number of aryl methyl sites for hydroxylation is 1. The first-order valence-electron chi connectivity index (χ1n) is 10.1. The van der Waals surface area contributed by atoms with Crippen LogP contribution in [0.5, 0.6) is 11.5 Å². The number of aliphatic hydroxyl groups is 1. The summed E-state index contributed by atoms with van der Waals surface area (Å²) in [6.45, 7) is 0.122. The molecule has 0 aliphatic heterocycles. The fourth-order valence-corrected chi connectivity index (χ4v) is 3.93. The standard InChI is InChI=1S/C23H30O4/c24-16-19-6-2-1-5-18(19)11-13-20(25)12-9-17-10-14-22(26)23(15-17)27-21-7-3-4-8-21/h2,6,10-11,13-15,18-19,21,24,26H,1,3-5,7-9,12,16H2/b13-11+/t18-,19-/m1/s1. The van der Waals surface area contributed by atoms with Crippen LogP contribution >= 0.6 is 0 Å². The third-order valence-electron chi connectivity index (χ3n) is 5.62. The zero-order chi connectivity index (χ0) is 19.1. The topological polar surface area (TPSA) is 66.8 Å².